The lowest BCUT2D eigenvalue weighted by molar-refractivity contribution is 0.0940. The predicted octanol–water partition coefficient (Wildman–Crippen LogP) is 2.72. The molecule has 2 unspecified atom stereocenters. The van der Waals surface area contributed by atoms with Crippen molar-refractivity contribution in [3.8, 4) is 0 Å². The molecule has 0 aromatic carbocycles. The highest BCUT2D eigenvalue weighted by molar-refractivity contribution is 5.89. The Morgan fingerprint density at radius 1 is 1.36 bits per heavy atom. The molecule has 6 nitrogen and oxygen atoms in total. The van der Waals surface area contributed by atoms with E-state index in [-0.39, 0.29) is 12.1 Å². The van der Waals surface area contributed by atoms with E-state index in [1.54, 1.807) is 6.20 Å². The Balaban J connectivity index is 1.51. The minimum Gasteiger partial charge on any atom is -0.376 e. The number of carbonyl (C=O) groups excluding carboxylic acids is 1. The number of hydrogen-bond acceptors (Lipinski definition) is 3. The van der Waals surface area contributed by atoms with E-state index in [4.69, 9.17) is 4.74 Å². The first-order chi connectivity index (χ1) is 10.7. The molecule has 122 valence electrons. The van der Waals surface area contributed by atoms with Crippen LogP contribution >= 0.6 is 0 Å². The van der Waals surface area contributed by atoms with Crippen molar-refractivity contribution >= 4 is 11.7 Å². The third-order valence-electron chi connectivity index (χ3n) is 4.60. The second kappa shape index (κ2) is 7.13. The maximum atomic E-state index is 12.3. The van der Waals surface area contributed by atoms with Crippen molar-refractivity contribution in [3.63, 3.8) is 0 Å². The van der Waals surface area contributed by atoms with E-state index in [2.05, 4.69) is 17.3 Å². The number of likely N-dealkylation sites (tertiary alicyclic amines) is 1. The number of ether oxygens (including phenoxy) is 1. The largest absolute Gasteiger partial charge is 0.376 e. The van der Waals surface area contributed by atoms with Crippen molar-refractivity contribution in [2.24, 2.45) is 5.92 Å². The molecule has 1 N–H and O–H groups in total. The van der Waals surface area contributed by atoms with Gasteiger partial charge in [0.05, 0.1) is 24.5 Å². The highest BCUT2D eigenvalue weighted by atomic mass is 16.5. The van der Waals surface area contributed by atoms with Crippen LogP contribution in [0.3, 0.4) is 0 Å². The zero-order valence-corrected chi connectivity index (χ0v) is 13.3. The van der Waals surface area contributed by atoms with Gasteiger partial charge in [-0.3, -0.25) is 4.68 Å². The molecule has 1 aromatic rings. The maximum absolute atomic E-state index is 12.3. The quantitative estimate of drug-likeness (QED) is 0.934. The highest BCUT2D eigenvalue weighted by Crippen LogP contribution is 2.18. The highest BCUT2D eigenvalue weighted by Gasteiger charge is 2.20. The molecule has 0 saturated carbocycles. The van der Waals surface area contributed by atoms with Gasteiger partial charge in [0, 0.05) is 25.9 Å². The molecule has 2 atom stereocenters. The van der Waals surface area contributed by atoms with Crippen LogP contribution in [0.1, 0.15) is 39.0 Å². The van der Waals surface area contributed by atoms with Crippen LogP contribution in [0.25, 0.3) is 0 Å². The van der Waals surface area contributed by atoms with Crippen LogP contribution in [0.5, 0.6) is 0 Å². The van der Waals surface area contributed by atoms with Gasteiger partial charge in [-0.15, -0.1) is 0 Å². The lowest BCUT2D eigenvalue weighted by atomic mass is 10.0. The third kappa shape index (κ3) is 4.00. The average Bonchev–Trinajstić information content (AvgIpc) is 3.10. The Bertz CT molecular complexity index is 496. The van der Waals surface area contributed by atoms with Crippen molar-refractivity contribution in [1.82, 2.24) is 14.7 Å². The van der Waals surface area contributed by atoms with E-state index in [0.29, 0.717) is 5.92 Å². The van der Waals surface area contributed by atoms with E-state index >= 15 is 0 Å². The van der Waals surface area contributed by atoms with Gasteiger partial charge in [-0.2, -0.15) is 5.10 Å². The van der Waals surface area contributed by atoms with Gasteiger partial charge in [-0.05, 0) is 38.0 Å². The molecule has 2 aliphatic heterocycles. The first kappa shape index (κ1) is 15.3. The fourth-order valence-corrected chi connectivity index (χ4v) is 3.19. The molecule has 3 rings (SSSR count). The zero-order valence-electron chi connectivity index (χ0n) is 13.3. The van der Waals surface area contributed by atoms with Crippen molar-refractivity contribution < 1.29 is 9.53 Å². The minimum absolute atomic E-state index is 0.00855. The third-order valence-corrected chi connectivity index (χ3v) is 4.60. The number of hydrogen-bond donors (Lipinski definition) is 1. The summed E-state index contributed by atoms with van der Waals surface area (Å²) < 4.78 is 7.47. The fourth-order valence-electron chi connectivity index (χ4n) is 3.19. The molecule has 0 bridgehead atoms. The van der Waals surface area contributed by atoms with Crippen LogP contribution in [0.2, 0.25) is 0 Å². The molecular weight excluding hydrogens is 280 g/mol. The number of urea groups is 1. The molecule has 2 aliphatic rings. The SMILES string of the molecule is CC1CCCN(C(=O)Nc2cnn(CC3CCCO3)c2)CC1. The van der Waals surface area contributed by atoms with E-state index in [0.717, 1.165) is 57.6 Å². The number of aromatic nitrogens is 2. The van der Waals surface area contributed by atoms with E-state index in [1.807, 2.05) is 15.8 Å². The minimum atomic E-state index is -0.00855. The van der Waals surface area contributed by atoms with Crippen molar-refractivity contribution in [1.29, 1.82) is 0 Å². The number of anilines is 1. The lowest BCUT2D eigenvalue weighted by Gasteiger charge is -2.20. The van der Waals surface area contributed by atoms with Gasteiger partial charge in [0.2, 0.25) is 0 Å². The summed E-state index contributed by atoms with van der Waals surface area (Å²) in [5, 5.41) is 7.27. The second-order valence-electron chi connectivity index (χ2n) is 6.54. The van der Waals surface area contributed by atoms with E-state index in [1.165, 1.54) is 6.42 Å². The van der Waals surface area contributed by atoms with E-state index in [9.17, 15) is 4.79 Å². The summed E-state index contributed by atoms with van der Waals surface area (Å²) in [6.45, 7) is 5.56. The van der Waals surface area contributed by atoms with Gasteiger partial charge in [-0.1, -0.05) is 6.92 Å². The number of nitrogens with zero attached hydrogens (tertiary/aromatic N) is 3. The molecule has 2 saturated heterocycles. The Morgan fingerprint density at radius 2 is 2.27 bits per heavy atom. The Morgan fingerprint density at radius 3 is 3.09 bits per heavy atom. The summed E-state index contributed by atoms with van der Waals surface area (Å²) in [4.78, 5) is 14.3. The van der Waals surface area contributed by atoms with Gasteiger partial charge in [0.15, 0.2) is 0 Å². The molecular formula is C16H26N4O2. The van der Waals surface area contributed by atoms with Gasteiger partial charge in [-0.25, -0.2) is 4.79 Å². The molecule has 0 radical (unpaired) electrons. The second-order valence-corrected chi connectivity index (χ2v) is 6.54. The monoisotopic (exact) mass is 306 g/mol. The molecule has 1 aromatic heterocycles. The normalized spacial score (nSPS) is 26.0. The summed E-state index contributed by atoms with van der Waals surface area (Å²) in [5.74, 6) is 0.715. The Kier molecular flexibility index (Phi) is 4.97. The molecule has 0 spiro atoms. The first-order valence-corrected chi connectivity index (χ1v) is 8.40. The van der Waals surface area contributed by atoms with E-state index < -0.39 is 0 Å². The van der Waals surface area contributed by atoms with Gasteiger partial charge in [0.25, 0.3) is 0 Å². The molecule has 0 aliphatic carbocycles. The number of nitrogens with one attached hydrogen (secondary N) is 1. The standard InChI is InChI=1S/C16H26N4O2/c1-13-4-2-7-19(8-6-13)16(21)18-14-10-17-20(11-14)12-15-5-3-9-22-15/h10-11,13,15H,2-9,12H2,1H3,(H,18,21). The topological polar surface area (TPSA) is 59.4 Å². The fraction of sp³-hybridized carbons (Fsp3) is 0.750. The molecule has 6 heteroatoms. The van der Waals surface area contributed by atoms with Crippen LogP contribution in [0, 0.1) is 5.92 Å². The van der Waals surface area contributed by atoms with Crippen LogP contribution in [0.4, 0.5) is 10.5 Å². The molecule has 2 fully saturated rings. The summed E-state index contributed by atoms with van der Waals surface area (Å²) in [6, 6.07) is -0.00855. The summed E-state index contributed by atoms with van der Waals surface area (Å²) >= 11 is 0. The summed E-state index contributed by atoms with van der Waals surface area (Å²) in [7, 11) is 0. The van der Waals surface area contributed by atoms with Gasteiger partial charge < -0.3 is 15.0 Å². The first-order valence-electron chi connectivity index (χ1n) is 8.40. The van der Waals surface area contributed by atoms with Crippen molar-refractivity contribution in [2.75, 3.05) is 25.0 Å². The number of rotatable bonds is 3. The lowest BCUT2D eigenvalue weighted by Crippen LogP contribution is -2.35. The summed E-state index contributed by atoms with van der Waals surface area (Å²) in [5.41, 5.74) is 0.764. The maximum Gasteiger partial charge on any atom is 0.321 e. The Hall–Kier alpha value is -1.56. The molecule has 3 heterocycles. The molecule has 2 amide bonds. The van der Waals surface area contributed by atoms with Gasteiger partial charge >= 0.3 is 6.03 Å². The Labute approximate surface area is 131 Å². The van der Waals surface area contributed by atoms with Crippen LogP contribution in [-0.2, 0) is 11.3 Å². The van der Waals surface area contributed by atoms with Crippen LogP contribution in [0.15, 0.2) is 12.4 Å². The smallest absolute Gasteiger partial charge is 0.321 e. The number of amides is 2. The van der Waals surface area contributed by atoms with Crippen LogP contribution < -0.4 is 5.32 Å². The zero-order chi connectivity index (χ0) is 15.4. The predicted molar refractivity (Wildman–Crippen MR) is 84.8 cm³/mol. The summed E-state index contributed by atoms with van der Waals surface area (Å²) in [6.07, 6.45) is 9.47. The van der Waals surface area contributed by atoms with Crippen LogP contribution in [-0.4, -0.2) is 46.5 Å². The van der Waals surface area contributed by atoms with Gasteiger partial charge in [0.1, 0.15) is 0 Å². The van der Waals surface area contributed by atoms with Crippen molar-refractivity contribution in [3.05, 3.63) is 12.4 Å². The van der Waals surface area contributed by atoms with Crippen molar-refractivity contribution in [2.45, 2.75) is 51.7 Å². The molecule has 22 heavy (non-hydrogen) atoms. The average molecular weight is 306 g/mol. The number of carbonyl (C=O) groups is 1.